The third-order valence-corrected chi connectivity index (χ3v) is 7.45. The summed E-state index contributed by atoms with van der Waals surface area (Å²) in [7, 11) is 1.71. The van der Waals surface area contributed by atoms with Crippen molar-refractivity contribution in [3.05, 3.63) is 29.3 Å². The zero-order chi connectivity index (χ0) is 15.8. The van der Waals surface area contributed by atoms with Crippen LogP contribution < -0.4 is 4.90 Å². The van der Waals surface area contributed by atoms with Crippen molar-refractivity contribution in [1.29, 1.82) is 0 Å². The number of anilines is 1. The number of likely N-dealkylation sites (tertiary alicyclic amines) is 1. The Morgan fingerprint density at radius 2 is 2.00 bits per heavy atom. The molecule has 0 spiro atoms. The lowest BCUT2D eigenvalue weighted by atomic mass is 9.92. The van der Waals surface area contributed by atoms with E-state index in [2.05, 4.69) is 35.0 Å². The molecule has 2 fully saturated rings. The number of rotatable bonds is 3. The normalized spacial score (nSPS) is 31.5. The van der Waals surface area contributed by atoms with E-state index in [1.165, 1.54) is 55.7 Å². The number of hydrogen-bond acceptors (Lipinski definition) is 3. The van der Waals surface area contributed by atoms with E-state index in [0.29, 0.717) is 5.92 Å². The average Bonchev–Trinajstić information content (AvgIpc) is 3.15. The molecule has 0 aromatic heterocycles. The molecule has 0 amide bonds. The van der Waals surface area contributed by atoms with Crippen LogP contribution in [0.25, 0.3) is 0 Å². The number of likely N-dealkylation sites (N-methyl/N-ethyl adjacent to an activating group) is 1. The summed E-state index contributed by atoms with van der Waals surface area (Å²) in [6.45, 7) is 3.62. The fourth-order valence-corrected chi connectivity index (χ4v) is 5.80. The molecule has 1 aromatic carbocycles. The molecule has 3 heterocycles. The molecule has 1 aromatic rings. The van der Waals surface area contributed by atoms with Gasteiger partial charge in [0.05, 0.1) is 0 Å². The maximum atomic E-state index is 11.6. The monoisotopic (exact) mass is 332 g/mol. The van der Waals surface area contributed by atoms with E-state index >= 15 is 0 Å². The second-order valence-electron chi connectivity index (χ2n) is 7.48. The number of hydrogen-bond donors (Lipinski definition) is 0. The summed E-state index contributed by atoms with van der Waals surface area (Å²) in [5.74, 6) is 2.39. The van der Waals surface area contributed by atoms with E-state index < -0.39 is 10.8 Å². The quantitative estimate of drug-likeness (QED) is 0.850. The topological polar surface area (TPSA) is 23.6 Å². The molecule has 2 saturated heterocycles. The van der Waals surface area contributed by atoms with Gasteiger partial charge in [0.25, 0.3) is 0 Å². The Morgan fingerprint density at radius 1 is 1.17 bits per heavy atom. The minimum atomic E-state index is -0.564. The molecule has 0 radical (unpaired) electrons. The minimum Gasteiger partial charge on any atom is -0.369 e. The van der Waals surface area contributed by atoms with Crippen LogP contribution in [-0.2, 0) is 17.2 Å². The van der Waals surface area contributed by atoms with Gasteiger partial charge >= 0.3 is 0 Å². The van der Waals surface area contributed by atoms with Crippen LogP contribution in [0.3, 0.4) is 0 Å². The van der Waals surface area contributed by atoms with E-state index in [0.717, 1.165) is 30.4 Å². The van der Waals surface area contributed by atoms with E-state index in [9.17, 15) is 4.21 Å². The number of benzene rings is 1. The number of nitrogens with zero attached hydrogens (tertiary/aromatic N) is 2. The standard InChI is InChI=1S/C19H28N2OS/c1-20-9-2-3-18(20)14-21-10-6-16-4-5-17(13-19(16)21)15-7-11-23(22)12-8-15/h4-5,13,15,18H,2-3,6-12,14H2,1H3/t15?,18-,23?/m1/s1. The van der Waals surface area contributed by atoms with E-state index in [4.69, 9.17) is 0 Å². The van der Waals surface area contributed by atoms with Crippen LogP contribution in [0.15, 0.2) is 18.2 Å². The predicted molar refractivity (Wildman–Crippen MR) is 97.9 cm³/mol. The van der Waals surface area contributed by atoms with Crippen molar-refractivity contribution >= 4 is 16.5 Å². The zero-order valence-electron chi connectivity index (χ0n) is 14.2. The van der Waals surface area contributed by atoms with Crippen molar-refractivity contribution in [3.8, 4) is 0 Å². The van der Waals surface area contributed by atoms with Crippen LogP contribution in [0.2, 0.25) is 0 Å². The van der Waals surface area contributed by atoms with Gasteiger partial charge in [-0.2, -0.15) is 0 Å². The summed E-state index contributed by atoms with van der Waals surface area (Å²) in [6.07, 6.45) is 6.08. The van der Waals surface area contributed by atoms with E-state index in [1.807, 2.05) is 0 Å². The lowest BCUT2D eigenvalue weighted by Crippen LogP contribution is -2.37. The third-order valence-electron chi connectivity index (χ3n) is 6.06. The Bertz CT molecular complexity index is 593. The van der Waals surface area contributed by atoms with Crippen molar-refractivity contribution in [2.24, 2.45) is 0 Å². The summed E-state index contributed by atoms with van der Waals surface area (Å²) in [4.78, 5) is 5.14. The van der Waals surface area contributed by atoms with Crippen LogP contribution in [0.4, 0.5) is 5.69 Å². The van der Waals surface area contributed by atoms with Crippen LogP contribution >= 0.6 is 0 Å². The van der Waals surface area contributed by atoms with Crippen molar-refractivity contribution in [3.63, 3.8) is 0 Å². The van der Waals surface area contributed by atoms with E-state index in [-0.39, 0.29) is 0 Å². The molecule has 3 nitrogen and oxygen atoms in total. The molecule has 3 aliphatic rings. The molecule has 0 aliphatic carbocycles. The molecule has 0 bridgehead atoms. The molecule has 4 heteroatoms. The highest BCUT2D eigenvalue weighted by atomic mass is 32.2. The molecular formula is C19H28N2OS. The molecule has 1 atom stereocenters. The fourth-order valence-electron chi connectivity index (χ4n) is 4.50. The highest BCUT2D eigenvalue weighted by Gasteiger charge is 2.28. The Morgan fingerprint density at radius 3 is 2.74 bits per heavy atom. The summed E-state index contributed by atoms with van der Waals surface area (Å²) in [6, 6.07) is 7.87. The van der Waals surface area contributed by atoms with Gasteiger partial charge in [-0.3, -0.25) is 4.21 Å². The van der Waals surface area contributed by atoms with E-state index in [1.54, 1.807) is 0 Å². The molecule has 0 N–H and O–H groups in total. The highest BCUT2D eigenvalue weighted by molar-refractivity contribution is 7.85. The first-order chi connectivity index (χ1) is 11.2. The highest BCUT2D eigenvalue weighted by Crippen LogP contribution is 2.35. The third kappa shape index (κ3) is 3.20. The summed E-state index contributed by atoms with van der Waals surface area (Å²) in [5.41, 5.74) is 4.48. The Labute approximate surface area is 142 Å². The summed E-state index contributed by atoms with van der Waals surface area (Å²) < 4.78 is 11.6. The molecular weight excluding hydrogens is 304 g/mol. The van der Waals surface area contributed by atoms with Crippen molar-refractivity contribution < 1.29 is 4.21 Å². The molecule has 0 saturated carbocycles. The lowest BCUT2D eigenvalue weighted by Gasteiger charge is -2.28. The van der Waals surface area contributed by atoms with Gasteiger partial charge in [0.2, 0.25) is 0 Å². The van der Waals surface area contributed by atoms with Gasteiger partial charge in [-0.15, -0.1) is 0 Å². The SMILES string of the molecule is CN1CCC[C@@H]1CN1CCc2ccc(C3CCS(=O)CC3)cc21. The van der Waals surface area contributed by atoms with Crippen LogP contribution in [0, 0.1) is 0 Å². The fraction of sp³-hybridized carbons (Fsp3) is 0.684. The van der Waals surface area contributed by atoms with Crippen molar-refractivity contribution in [2.45, 2.75) is 44.1 Å². The summed E-state index contributed by atoms with van der Waals surface area (Å²) >= 11 is 0. The Balaban J connectivity index is 1.51. The first kappa shape index (κ1) is 15.6. The van der Waals surface area contributed by atoms with Gasteiger partial charge in [0, 0.05) is 47.1 Å². The first-order valence-electron chi connectivity index (χ1n) is 9.13. The molecule has 23 heavy (non-hydrogen) atoms. The van der Waals surface area contributed by atoms with Gasteiger partial charge in [0.1, 0.15) is 0 Å². The van der Waals surface area contributed by atoms with Crippen molar-refractivity contribution in [2.75, 3.05) is 43.1 Å². The zero-order valence-corrected chi connectivity index (χ0v) is 15.0. The van der Waals surface area contributed by atoms with Crippen LogP contribution in [0.1, 0.15) is 42.7 Å². The minimum absolute atomic E-state index is 0.564. The van der Waals surface area contributed by atoms with Crippen LogP contribution in [0.5, 0.6) is 0 Å². The van der Waals surface area contributed by atoms with Gasteiger partial charge < -0.3 is 9.80 Å². The van der Waals surface area contributed by atoms with Gasteiger partial charge in [-0.1, -0.05) is 12.1 Å². The van der Waals surface area contributed by atoms with Gasteiger partial charge in [-0.05, 0) is 68.8 Å². The second kappa shape index (κ2) is 6.56. The van der Waals surface area contributed by atoms with Gasteiger partial charge in [0.15, 0.2) is 0 Å². The second-order valence-corrected chi connectivity index (χ2v) is 9.18. The van der Waals surface area contributed by atoms with Gasteiger partial charge in [-0.25, -0.2) is 0 Å². The maximum Gasteiger partial charge on any atom is 0.0402 e. The molecule has 0 unspecified atom stereocenters. The Kier molecular flexibility index (Phi) is 4.46. The molecule has 126 valence electrons. The van der Waals surface area contributed by atoms with Crippen LogP contribution in [-0.4, -0.2) is 53.3 Å². The largest absolute Gasteiger partial charge is 0.369 e. The first-order valence-corrected chi connectivity index (χ1v) is 10.6. The Hall–Kier alpha value is -0.870. The average molecular weight is 333 g/mol. The lowest BCUT2D eigenvalue weighted by molar-refractivity contribution is 0.312. The molecule has 3 aliphatic heterocycles. The predicted octanol–water partition coefficient (Wildman–Crippen LogP) is 2.77. The maximum absolute atomic E-state index is 11.6. The smallest absolute Gasteiger partial charge is 0.0402 e. The number of fused-ring (bicyclic) bond motifs is 1. The molecule has 4 rings (SSSR count). The van der Waals surface area contributed by atoms with Crippen molar-refractivity contribution in [1.82, 2.24) is 4.90 Å². The summed E-state index contributed by atoms with van der Waals surface area (Å²) in [5, 5.41) is 0.